The minimum absolute atomic E-state index is 0.0551. The first-order valence-corrected chi connectivity index (χ1v) is 5.35. The van der Waals surface area contributed by atoms with E-state index < -0.39 is 5.97 Å². The van der Waals surface area contributed by atoms with E-state index in [1.54, 1.807) is 6.92 Å². The Kier molecular flexibility index (Phi) is 4.98. The van der Waals surface area contributed by atoms with E-state index in [1.807, 2.05) is 0 Å². The van der Waals surface area contributed by atoms with Crippen LogP contribution in [-0.2, 0) is 14.3 Å². The molecule has 0 saturated carbocycles. The van der Waals surface area contributed by atoms with Gasteiger partial charge in [0.2, 0.25) is 0 Å². The van der Waals surface area contributed by atoms with Crippen LogP contribution in [0.1, 0.15) is 26.2 Å². The summed E-state index contributed by atoms with van der Waals surface area (Å²) in [6.07, 6.45) is 4.53. The third-order valence-corrected chi connectivity index (χ3v) is 2.29. The Morgan fingerprint density at radius 3 is 2.88 bits per heavy atom. The molecule has 5 heteroatoms. The standard InChI is InChI=1S/C11H18N2O3/c1-8(7-9(12)11(14)15-2)13-10-5-3-4-6-16-10/h7,10H,3-6,12H2,1-2H3/b9-7-,13-8+. The van der Waals surface area contributed by atoms with E-state index in [2.05, 4.69) is 9.73 Å². The number of hydrogen-bond donors (Lipinski definition) is 1. The van der Waals surface area contributed by atoms with Crippen molar-refractivity contribution in [3.05, 3.63) is 11.8 Å². The zero-order valence-electron chi connectivity index (χ0n) is 9.73. The van der Waals surface area contributed by atoms with Crippen molar-refractivity contribution in [1.82, 2.24) is 0 Å². The predicted octanol–water partition coefficient (Wildman–Crippen LogP) is 0.989. The van der Waals surface area contributed by atoms with Crippen LogP contribution in [-0.4, -0.2) is 31.6 Å². The van der Waals surface area contributed by atoms with E-state index >= 15 is 0 Å². The van der Waals surface area contributed by atoms with Gasteiger partial charge in [0.25, 0.3) is 0 Å². The van der Waals surface area contributed by atoms with Gasteiger partial charge in [0.05, 0.1) is 7.11 Å². The van der Waals surface area contributed by atoms with E-state index in [4.69, 9.17) is 10.5 Å². The minimum atomic E-state index is -0.542. The maximum atomic E-state index is 11.0. The predicted molar refractivity (Wildman–Crippen MR) is 61.0 cm³/mol. The summed E-state index contributed by atoms with van der Waals surface area (Å²) in [6, 6.07) is 0. The van der Waals surface area contributed by atoms with Gasteiger partial charge in [0.1, 0.15) is 11.9 Å². The van der Waals surface area contributed by atoms with Crippen LogP contribution in [0.5, 0.6) is 0 Å². The van der Waals surface area contributed by atoms with Gasteiger partial charge >= 0.3 is 5.97 Å². The third-order valence-electron chi connectivity index (χ3n) is 2.29. The fraction of sp³-hybridized carbons (Fsp3) is 0.636. The number of methoxy groups -OCH3 is 1. The number of allylic oxidation sites excluding steroid dienone is 1. The quantitative estimate of drug-likeness (QED) is 0.442. The Bertz CT molecular complexity index is 304. The fourth-order valence-corrected chi connectivity index (χ4v) is 1.49. The van der Waals surface area contributed by atoms with Crippen LogP contribution in [0.3, 0.4) is 0 Å². The summed E-state index contributed by atoms with van der Waals surface area (Å²) in [6.45, 7) is 2.53. The molecule has 1 fully saturated rings. The summed E-state index contributed by atoms with van der Waals surface area (Å²) >= 11 is 0. The first kappa shape index (κ1) is 12.7. The Morgan fingerprint density at radius 1 is 1.56 bits per heavy atom. The van der Waals surface area contributed by atoms with Gasteiger partial charge in [0, 0.05) is 12.3 Å². The Balaban J connectivity index is 2.58. The molecule has 16 heavy (non-hydrogen) atoms. The van der Waals surface area contributed by atoms with Crippen LogP contribution >= 0.6 is 0 Å². The molecule has 0 amide bonds. The first-order chi connectivity index (χ1) is 7.63. The van der Waals surface area contributed by atoms with Crippen LogP contribution in [0.15, 0.2) is 16.8 Å². The van der Waals surface area contributed by atoms with Gasteiger partial charge in [-0.15, -0.1) is 0 Å². The molecule has 1 rings (SSSR count). The molecule has 0 bridgehead atoms. The maximum Gasteiger partial charge on any atom is 0.353 e. The molecular weight excluding hydrogens is 208 g/mol. The molecule has 0 radical (unpaired) electrons. The molecule has 1 heterocycles. The van der Waals surface area contributed by atoms with Crippen molar-refractivity contribution in [2.24, 2.45) is 10.7 Å². The van der Waals surface area contributed by atoms with Gasteiger partial charge in [-0.1, -0.05) is 0 Å². The molecule has 2 N–H and O–H groups in total. The molecule has 1 unspecified atom stereocenters. The molecule has 5 nitrogen and oxygen atoms in total. The lowest BCUT2D eigenvalue weighted by Crippen LogP contribution is -2.19. The van der Waals surface area contributed by atoms with Crippen molar-refractivity contribution in [3.63, 3.8) is 0 Å². The number of carbonyl (C=O) groups excluding carboxylic acids is 1. The lowest BCUT2D eigenvalue weighted by Gasteiger charge is -2.19. The molecule has 0 aromatic carbocycles. The second-order valence-corrected chi connectivity index (χ2v) is 3.68. The lowest BCUT2D eigenvalue weighted by atomic mass is 10.2. The zero-order chi connectivity index (χ0) is 12.0. The minimum Gasteiger partial charge on any atom is -0.464 e. The van der Waals surface area contributed by atoms with Crippen LogP contribution < -0.4 is 5.73 Å². The lowest BCUT2D eigenvalue weighted by molar-refractivity contribution is -0.136. The van der Waals surface area contributed by atoms with Crippen molar-refractivity contribution in [3.8, 4) is 0 Å². The van der Waals surface area contributed by atoms with Crippen LogP contribution in [0.25, 0.3) is 0 Å². The first-order valence-electron chi connectivity index (χ1n) is 5.35. The summed E-state index contributed by atoms with van der Waals surface area (Å²) in [7, 11) is 1.29. The number of ether oxygens (including phenoxy) is 2. The van der Waals surface area contributed by atoms with Crippen molar-refractivity contribution >= 4 is 11.7 Å². The summed E-state index contributed by atoms with van der Waals surface area (Å²) < 4.78 is 9.93. The summed E-state index contributed by atoms with van der Waals surface area (Å²) in [5, 5.41) is 0. The van der Waals surface area contributed by atoms with Gasteiger partial charge in [-0.3, -0.25) is 4.99 Å². The van der Waals surface area contributed by atoms with Gasteiger partial charge in [-0.25, -0.2) is 4.79 Å². The van der Waals surface area contributed by atoms with Crippen LogP contribution in [0, 0.1) is 0 Å². The monoisotopic (exact) mass is 226 g/mol. The third kappa shape index (κ3) is 4.02. The van der Waals surface area contributed by atoms with E-state index in [0.717, 1.165) is 25.9 Å². The van der Waals surface area contributed by atoms with Gasteiger partial charge in [-0.05, 0) is 32.3 Å². The maximum absolute atomic E-state index is 11.0. The number of nitrogens with zero attached hydrogens (tertiary/aromatic N) is 1. The largest absolute Gasteiger partial charge is 0.464 e. The van der Waals surface area contributed by atoms with Crippen LogP contribution in [0.4, 0.5) is 0 Å². The topological polar surface area (TPSA) is 73.9 Å². The van der Waals surface area contributed by atoms with Crippen molar-refractivity contribution in [2.75, 3.05) is 13.7 Å². The van der Waals surface area contributed by atoms with Crippen molar-refractivity contribution < 1.29 is 14.3 Å². The average molecular weight is 226 g/mol. The van der Waals surface area contributed by atoms with Crippen molar-refractivity contribution in [1.29, 1.82) is 0 Å². The van der Waals surface area contributed by atoms with E-state index in [1.165, 1.54) is 13.2 Å². The molecule has 1 aliphatic rings. The highest BCUT2D eigenvalue weighted by Crippen LogP contribution is 2.13. The van der Waals surface area contributed by atoms with Gasteiger partial charge < -0.3 is 15.2 Å². The van der Waals surface area contributed by atoms with E-state index in [9.17, 15) is 4.79 Å². The average Bonchev–Trinajstić information content (AvgIpc) is 2.29. The van der Waals surface area contributed by atoms with Crippen LogP contribution in [0.2, 0.25) is 0 Å². The Labute approximate surface area is 95.3 Å². The van der Waals surface area contributed by atoms with Gasteiger partial charge in [0.15, 0.2) is 0 Å². The van der Waals surface area contributed by atoms with E-state index in [-0.39, 0.29) is 11.9 Å². The fourth-order valence-electron chi connectivity index (χ4n) is 1.49. The van der Waals surface area contributed by atoms with Gasteiger partial charge in [-0.2, -0.15) is 0 Å². The number of nitrogens with two attached hydrogens (primary N) is 1. The second kappa shape index (κ2) is 6.27. The molecule has 0 aliphatic carbocycles. The molecular formula is C11H18N2O3. The highest BCUT2D eigenvalue weighted by atomic mass is 16.5. The zero-order valence-corrected chi connectivity index (χ0v) is 9.73. The highest BCUT2D eigenvalue weighted by molar-refractivity contribution is 6.00. The SMILES string of the molecule is COC(=O)/C(N)=C/C(C)=N/C1CCCCO1. The highest BCUT2D eigenvalue weighted by Gasteiger charge is 2.12. The smallest absolute Gasteiger partial charge is 0.353 e. The molecule has 0 spiro atoms. The normalized spacial score (nSPS) is 23.0. The number of carbonyl (C=O) groups is 1. The Morgan fingerprint density at radius 2 is 2.31 bits per heavy atom. The molecule has 1 saturated heterocycles. The molecule has 1 aliphatic heterocycles. The molecule has 90 valence electrons. The molecule has 0 aromatic heterocycles. The van der Waals surface area contributed by atoms with Crippen molar-refractivity contribution in [2.45, 2.75) is 32.4 Å². The number of hydrogen-bond acceptors (Lipinski definition) is 5. The number of rotatable bonds is 3. The summed E-state index contributed by atoms with van der Waals surface area (Å²) in [4.78, 5) is 15.4. The summed E-state index contributed by atoms with van der Waals surface area (Å²) in [5.41, 5.74) is 6.23. The number of aliphatic imine (C=N–C) groups is 1. The second-order valence-electron chi connectivity index (χ2n) is 3.68. The summed E-state index contributed by atoms with van der Waals surface area (Å²) in [5.74, 6) is -0.542. The Hall–Kier alpha value is -1.36. The molecule has 0 aromatic rings. The van der Waals surface area contributed by atoms with E-state index in [0.29, 0.717) is 5.71 Å². The molecule has 1 atom stereocenters. The number of esters is 1.